The van der Waals surface area contributed by atoms with Crippen LogP contribution in [-0.4, -0.2) is 18.3 Å². The summed E-state index contributed by atoms with van der Waals surface area (Å²) in [6, 6.07) is 3.83. The fourth-order valence-electron chi connectivity index (χ4n) is 1.25. The van der Waals surface area contributed by atoms with Gasteiger partial charge in [-0.15, -0.1) is 0 Å². The summed E-state index contributed by atoms with van der Waals surface area (Å²) in [6.45, 7) is 1.61. The van der Waals surface area contributed by atoms with Crippen LogP contribution in [0, 0.1) is 5.82 Å². The minimum absolute atomic E-state index is 0.116. The number of ether oxygens (including phenoxy) is 1. The molecular weight excluding hydrogens is 185 g/mol. The molecule has 0 saturated heterocycles. The Morgan fingerprint density at radius 1 is 1.50 bits per heavy atom. The maximum Gasteiger partial charge on any atom is 0.132 e. The number of rotatable bonds is 3. The Balaban J connectivity index is 3.16. The van der Waals surface area contributed by atoms with Crippen LogP contribution < -0.4 is 10.5 Å². The molecular formula is C10H14FNO2. The van der Waals surface area contributed by atoms with E-state index >= 15 is 0 Å². The fraction of sp³-hybridized carbons (Fsp3) is 0.400. The van der Waals surface area contributed by atoms with E-state index in [2.05, 4.69) is 0 Å². The van der Waals surface area contributed by atoms with Crippen LogP contribution in [0.2, 0.25) is 0 Å². The van der Waals surface area contributed by atoms with Crippen molar-refractivity contribution >= 4 is 0 Å². The lowest BCUT2D eigenvalue weighted by molar-refractivity contribution is 0.145. The second-order valence-electron chi connectivity index (χ2n) is 3.16. The lowest BCUT2D eigenvalue weighted by atomic mass is 10.0. The van der Waals surface area contributed by atoms with E-state index in [0.717, 1.165) is 0 Å². The van der Waals surface area contributed by atoms with Crippen LogP contribution in [0.25, 0.3) is 0 Å². The third kappa shape index (κ3) is 2.02. The highest BCUT2D eigenvalue weighted by molar-refractivity contribution is 5.36. The van der Waals surface area contributed by atoms with Crippen molar-refractivity contribution in [2.24, 2.45) is 5.73 Å². The van der Waals surface area contributed by atoms with Crippen LogP contribution in [-0.2, 0) is 0 Å². The Hall–Kier alpha value is -1.13. The van der Waals surface area contributed by atoms with Crippen molar-refractivity contribution < 1.29 is 14.2 Å². The minimum Gasteiger partial charge on any atom is -0.496 e. The molecule has 0 amide bonds. The van der Waals surface area contributed by atoms with Crippen molar-refractivity contribution in [1.29, 1.82) is 0 Å². The molecule has 1 aromatic rings. The summed E-state index contributed by atoms with van der Waals surface area (Å²) in [4.78, 5) is 0. The zero-order valence-corrected chi connectivity index (χ0v) is 8.20. The molecule has 1 aromatic carbocycles. The number of aliphatic hydroxyl groups is 1. The summed E-state index contributed by atoms with van der Waals surface area (Å²) in [5.41, 5.74) is 5.60. The maximum atomic E-state index is 13.4. The molecule has 1 rings (SSSR count). The average Bonchev–Trinajstić information content (AvgIpc) is 2.16. The molecule has 0 aliphatic heterocycles. The number of hydrogen-bond donors (Lipinski definition) is 2. The van der Waals surface area contributed by atoms with Crippen molar-refractivity contribution in [3.8, 4) is 5.75 Å². The highest BCUT2D eigenvalue weighted by Crippen LogP contribution is 2.28. The topological polar surface area (TPSA) is 55.5 Å². The third-order valence-electron chi connectivity index (χ3n) is 2.03. The summed E-state index contributed by atoms with van der Waals surface area (Å²) in [6.07, 6.45) is -1.05. The van der Waals surface area contributed by atoms with Crippen LogP contribution in [0.3, 0.4) is 0 Å². The van der Waals surface area contributed by atoms with Crippen molar-refractivity contribution in [3.63, 3.8) is 0 Å². The molecule has 0 aromatic heterocycles. The van der Waals surface area contributed by atoms with E-state index in [4.69, 9.17) is 10.5 Å². The number of nitrogens with two attached hydrogens (primary N) is 1. The van der Waals surface area contributed by atoms with Crippen LogP contribution >= 0.6 is 0 Å². The second kappa shape index (κ2) is 4.39. The third-order valence-corrected chi connectivity index (χ3v) is 2.03. The van der Waals surface area contributed by atoms with Gasteiger partial charge in [-0.3, -0.25) is 0 Å². The first kappa shape index (κ1) is 10.9. The highest BCUT2D eigenvalue weighted by Gasteiger charge is 2.20. The van der Waals surface area contributed by atoms with E-state index in [0.29, 0.717) is 5.75 Å². The van der Waals surface area contributed by atoms with Gasteiger partial charge in [0.2, 0.25) is 0 Å². The number of aliphatic hydroxyl groups excluding tert-OH is 1. The molecule has 0 spiro atoms. The highest BCUT2D eigenvalue weighted by atomic mass is 19.1. The molecule has 0 unspecified atom stereocenters. The summed E-state index contributed by atoms with van der Waals surface area (Å²) in [5.74, 6) is -0.191. The molecule has 0 heterocycles. The predicted octanol–water partition coefficient (Wildman–Crippen LogP) is 1.21. The molecule has 0 aliphatic carbocycles. The van der Waals surface area contributed by atoms with Crippen molar-refractivity contribution in [2.45, 2.75) is 19.1 Å². The van der Waals surface area contributed by atoms with Gasteiger partial charge in [0.1, 0.15) is 17.7 Å². The predicted molar refractivity (Wildman–Crippen MR) is 51.6 cm³/mol. The smallest absolute Gasteiger partial charge is 0.132 e. The van der Waals surface area contributed by atoms with Gasteiger partial charge >= 0.3 is 0 Å². The zero-order chi connectivity index (χ0) is 10.7. The van der Waals surface area contributed by atoms with E-state index in [1.807, 2.05) is 0 Å². The molecule has 0 saturated carbocycles. The van der Waals surface area contributed by atoms with E-state index in [-0.39, 0.29) is 5.56 Å². The number of halogens is 1. The van der Waals surface area contributed by atoms with E-state index in [1.54, 1.807) is 13.0 Å². The molecule has 0 aliphatic rings. The van der Waals surface area contributed by atoms with Gasteiger partial charge in [0.05, 0.1) is 12.7 Å². The van der Waals surface area contributed by atoms with Crippen LogP contribution in [0.1, 0.15) is 18.6 Å². The van der Waals surface area contributed by atoms with Gasteiger partial charge in [0, 0.05) is 6.04 Å². The lowest BCUT2D eigenvalue weighted by Gasteiger charge is -2.18. The van der Waals surface area contributed by atoms with Gasteiger partial charge in [-0.2, -0.15) is 0 Å². The SMILES string of the molecule is COc1cccc(F)c1[C@H](O)[C@@H](C)N. The average molecular weight is 199 g/mol. The van der Waals surface area contributed by atoms with Crippen LogP contribution in [0.5, 0.6) is 5.75 Å². The van der Waals surface area contributed by atoms with Crippen LogP contribution in [0.4, 0.5) is 4.39 Å². The first-order chi connectivity index (χ1) is 6.57. The quantitative estimate of drug-likeness (QED) is 0.769. The standard InChI is InChI=1S/C10H14FNO2/c1-6(12)10(13)9-7(11)4-3-5-8(9)14-2/h3-6,10,13H,12H2,1-2H3/t6-,10-/m1/s1. The van der Waals surface area contributed by atoms with Gasteiger partial charge < -0.3 is 15.6 Å². The first-order valence-corrected chi connectivity index (χ1v) is 4.34. The normalized spacial score (nSPS) is 14.9. The summed E-state index contributed by atoms with van der Waals surface area (Å²) in [7, 11) is 1.42. The Morgan fingerprint density at radius 2 is 2.14 bits per heavy atom. The number of methoxy groups -OCH3 is 1. The molecule has 0 bridgehead atoms. The second-order valence-corrected chi connectivity index (χ2v) is 3.16. The van der Waals surface area contributed by atoms with Crippen molar-refractivity contribution in [1.82, 2.24) is 0 Å². The monoisotopic (exact) mass is 199 g/mol. The van der Waals surface area contributed by atoms with E-state index in [1.165, 1.54) is 19.2 Å². The van der Waals surface area contributed by atoms with Gasteiger partial charge in [-0.1, -0.05) is 6.07 Å². The zero-order valence-electron chi connectivity index (χ0n) is 8.20. The van der Waals surface area contributed by atoms with Gasteiger partial charge in [-0.05, 0) is 19.1 Å². The van der Waals surface area contributed by atoms with Gasteiger partial charge in [0.25, 0.3) is 0 Å². The molecule has 78 valence electrons. The fourth-order valence-corrected chi connectivity index (χ4v) is 1.25. The van der Waals surface area contributed by atoms with Gasteiger partial charge in [0.15, 0.2) is 0 Å². The Bertz CT molecular complexity index is 315. The lowest BCUT2D eigenvalue weighted by Crippen LogP contribution is -2.25. The first-order valence-electron chi connectivity index (χ1n) is 4.34. The minimum atomic E-state index is -1.05. The largest absolute Gasteiger partial charge is 0.496 e. The molecule has 4 heteroatoms. The van der Waals surface area contributed by atoms with E-state index in [9.17, 15) is 9.50 Å². The molecule has 0 radical (unpaired) electrons. The Morgan fingerprint density at radius 3 is 2.64 bits per heavy atom. The molecule has 3 nitrogen and oxygen atoms in total. The number of hydrogen-bond acceptors (Lipinski definition) is 3. The van der Waals surface area contributed by atoms with Gasteiger partial charge in [-0.25, -0.2) is 4.39 Å². The van der Waals surface area contributed by atoms with Crippen molar-refractivity contribution in [3.05, 3.63) is 29.6 Å². The maximum absolute atomic E-state index is 13.4. The Labute approximate surface area is 82.3 Å². The molecule has 0 fully saturated rings. The Kier molecular flexibility index (Phi) is 3.43. The molecule has 14 heavy (non-hydrogen) atoms. The summed E-state index contributed by atoms with van der Waals surface area (Å²) in [5, 5.41) is 9.65. The summed E-state index contributed by atoms with van der Waals surface area (Å²) >= 11 is 0. The summed E-state index contributed by atoms with van der Waals surface area (Å²) < 4.78 is 18.3. The van der Waals surface area contributed by atoms with Crippen LogP contribution in [0.15, 0.2) is 18.2 Å². The molecule has 3 N–H and O–H groups in total. The molecule has 2 atom stereocenters. The van der Waals surface area contributed by atoms with Crippen molar-refractivity contribution in [2.75, 3.05) is 7.11 Å². The number of benzene rings is 1. The van der Waals surface area contributed by atoms with E-state index < -0.39 is 18.0 Å².